The van der Waals surface area contributed by atoms with Crippen LogP contribution < -0.4 is 20.4 Å². The number of anilines is 2. The van der Waals surface area contributed by atoms with Crippen LogP contribution in [0.4, 0.5) is 24.5 Å². The van der Waals surface area contributed by atoms with Gasteiger partial charge in [0.25, 0.3) is 17.7 Å². The molecule has 2 aromatic carbocycles. The van der Waals surface area contributed by atoms with Crippen molar-refractivity contribution < 1.29 is 46.5 Å². The first kappa shape index (κ1) is 32.2. The summed E-state index contributed by atoms with van der Waals surface area (Å²) in [6, 6.07) is 5.25. The maximum atomic E-state index is 15.3. The Hall–Kier alpha value is -3.32. The summed E-state index contributed by atoms with van der Waals surface area (Å²) in [6.45, 7) is 3.92. The van der Waals surface area contributed by atoms with E-state index in [9.17, 15) is 42.1 Å². The minimum Gasteiger partial charge on any atom is -0.382 e. The summed E-state index contributed by atoms with van der Waals surface area (Å²) >= 11 is 0. The largest absolute Gasteiger partial charge is 0.382 e. The third-order valence-electron chi connectivity index (χ3n) is 9.75. The molecular formula is C30H35F3N6O7S. The van der Waals surface area contributed by atoms with Gasteiger partial charge < -0.3 is 25.1 Å². The number of aliphatic hydroxyl groups is 3. The van der Waals surface area contributed by atoms with E-state index in [0.29, 0.717) is 51.5 Å². The fraction of sp³-hybridized carbons (Fsp3) is 0.533. The number of amides is 2. The van der Waals surface area contributed by atoms with Crippen LogP contribution in [-0.4, -0.2) is 129 Å². The second-order valence-electron chi connectivity index (χ2n) is 13.0. The number of imide groups is 1. The Balaban J connectivity index is 0.975. The summed E-state index contributed by atoms with van der Waals surface area (Å²) in [5.74, 6) is -5.32. The van der Waals surface area contributed by atoms with Crippen molar-refractivity contribution in [3.8, 4) is 0 Å². The number of carbonyl (C=O) groups is 2. The lowest BCUT2D eigenvalue weighted by Crippen LogP contribution is -2.67. The van der Waals surface area contributed by atoms with Crippen molar-refractivity contribution in [3.05, 3.63) is 52.3 Å². The molecule has 47 heavy (non-hydrogen) atoms. The molecule has 0 aromatic heterocycles. The average Bonchev–Trinajstić information content (AvgIpc) is 3.37. The van der Waals surface area contributed by atoms with E-state index in [1.54, 1.807) is 0 Å². The first-order valence-electron chi connectivity index (χ1n) is 15.3. The van der Waals surface area contributed by atoms with Gasteiger partial charge >= 0.3 is 0 Å². The molecule has 4 atom stereocenters. The van der Waals surface area contributed by atoms with Crippen molar-refractivity contribution in [2.45, 2.75) is 42.0 Å². The molecule has 1 aliphatic carbocycles. The van der Waals surface area contributed by atoms with Gasteiger partial charge in [-0.2, -0.15) is 0 Å². The molecule has 254 valence electrons. The van der Waals surface area contributed by atoms with Gasteiger partial charge in [0.2, 0.25) is 0 Å². The molecule has 2 amide bonds. The van der Waals surface area contributed by atoms with Gasteiger partial charge in [-0.3, -0.25) is 30.0 Å². The maximum absolute atomic E-state index is 15.3. The topological polar surface area (TPSA) is 166 Å². The molecule has 3 unspecified atom stereocenters. The quantitative estimate of drug-likeness (QED) is 0.248. The van der Waals surface area contributed by atoms with Gasteiger partial charge in [0.1, 0.15) is 30.5 Å². The molecule has 3 fully saturated rings. The zero-order valence-electron chi connectivity index (χ0n) is 25.4. The Morgan fingerprint density at radius 1 is 0.957 bits per heavy atom. The van der Waals surface area contributed by atoms with Crippen molar-refractivity contribution >= 4 is 33.0 Å². The number of aliphatic hydroxyl groups excluding tert-OH is 3. The van der Waals surface area contributed by atoms with E-state index in [1.807, 2.05) is 9.80 Å². The van der Waals surface area contributed by atoms with E-state index in [0.717, 1.165) is 17.2 Å². The normalized spacial score (nSPS) is 28.1. The Morgan fingerprint density at radius 2 is 1.62 bits per heavy atom. The zero-order valence-corrected chi connectivity index (χ0v) is 26.2. The highest BCUT2D eigenvalue weighted by Crippen LogP contribution is 2.49. The van der Waals surface area contributed by atoms with E-state index in [4.69, 9.17) is 0 Å². The first-order valence-corrected chi connectivity index (χ1v) is 17.2. The Morgan fingerprint density at radius 3 is 2.26 bits per heavy atom. The molecule has 2 aromatic rings. The second-order valence-corrected chi connectivity index (χ2v) is 14.9. The number of hydrogen-bond acceptors (Lipinski definition) is 12. The molecule has 7 rings (SSSR count). The average molecular weight is 681 g/mol. The predicted octanol–water partition coefficient (Wildman–Crippen LogP) is -0.536. The van der Waals surface area contributed by atoms with Gasteiger partial charge in [-0.25, -0.2) is 21.6 Å². The number of halogens is 3. The third kappa shape index (κ3) is 5.47. The fourth-order valence-electron chi connectivity index (χ4n) is 7.39. The van der Waals surface area contributed by atoms with Gasteiger partial charge in [0.15, 0.2) is 9.84 Å². The summed E-state index contributed by atoms with van der Waals surface area (Å²) in [5, 5.41) is 35.4. The van der Waals surface area contributed by atoms with Gasteiger partial charge in [-0.1, -0.05) is 0 Å². The summed E-state index contributed by atoms with van der Waals surface area (Å²) in [7, 11) is -3.82. The summed E-state index contributed by atoms with van der Waals surface area (Å²) in [4.78, 5) is 32.7. The zero-order chi connectivity index (χ0) is 33.6. The van der Waals surface area contributed by atoms with Crippen molar-refractivity contribution in [3.63, 3.8) is 0 Å². The van der Waals surface area contributed by atoms with E-state index in [1.165, 1.54) is 18.2 Å². The molecule has 0 bridgehead atoms. The predicted molar refractivity (Wildman–Crippen MR) is 161 cm³/mol. The van der Waals surface area contributed by atoms with Crippen molar-refractivity contribution in [2.75, 3.05) is 68.4 Å². The smallest absolute Gasteiger partial charge is 0.281 e. The van der Waals surface area contributed by atoms with Crippen LogP contribution in [0.1, 0.15) is 37.9 Å². The molecule has 0 spiro atoms. The maximum Gasteiger partial charge on any atom is 0.281 e. The SMILES string of the molecule is CS(=O)(=O)c1ccc(N2CC(CN3CCN(c4cc5c(cc4F)C(=O)N(C4NCC(O)NC4O)C5=O)CC3)C2)c2c1[C@H](O)C(F)(F)C2. The van der Waals surface area contributed by atoms with Crippen molar-refractivity contribution in [1.29, 1.82) is 0 Å². The fourth-order valence-corrected chi connectivity index (χ4v) is 8.33. The third-order valence-corrected chi connectivity index (χ3v) is 10.9. The van der Waals surface area contributed by atoms with Gasteiger partial charge in [0.05, 0.1) is 21.7 Å². The van der Waals surface area contributed by atoms with Crippen LogP contribution in [0.3, 0.4) is 0 Å². The van der Waals surface area contributed by atoms with Crippen molar-refractivity contribution in [2.24, 2.45) is 5.92 Å². The highest BCUT2D eigenvalue weighted by atomic mass is 32.2. The van der Waals surface area contributed by atoms with E-state index < -0.39 is 64.5 Å². The number of nitrogens with zero attached hydrogens (tertiary/aromatic N) is 4. The molecular weight excluding hydrogens is 645 g/mol. The number of piperazine rings is 2. The number of benzene rings is 2. The van der Waals surface area contributed by atoms with Gasteiger partial charge in [0, 0.05) is 82.2 Å². The summed E-state index contributed by atoms with van der Waals surface area (Å²) in [6.07, 6.45) is -5.59. The van der Waals surface area contributed by atoms with Crippen LogP contribution in [-0.2, 0) is 16.3 Å². The Kier molecular flexibility index (Phi) is 7.81. The van der Waals surface area contributed by atoms with Crippen molar-refractivity contribution in [1.82, 2.24) is 20.4 Å². The van der Waals surface area contributed by atoms with Gasteiger partial charge in [-0.15, -0.1) is 0 Å². The highest BCUT2D eigenvalue weighted by molar-refractivity contribution is 7.90. The lowest BCUT2D eigenvalue weighted by molar-refractivity contribution is -0.0975. The molecule has 3 saturated heterocycles. The van der Waals surface area contributed by atoms with E-state index in [-0.39, 0.29) is 45.3 Å². The minimum atomic E-state index is -3.82. The van der Waals surface area contributed by atoms with Gasteiger partial charge in [-0.05, 0) is 29.8 Å². The number of nitrogens with one attached hydrogen (secondary N) is 2. The van der Waals surface area contributed by atoms with E-state index in [2.05, 4.69) is 15.5 Å². The summed E-state index contributed by atoms with van der Waals surface area (Å²) < 4.78 is 68.8. The van der Waals surface area contributed by atoms with E-state index >= 15 is 4.39 Å². The number of rotatable bonds is 6. The summed E-state index contributed by atoms with van der Waals surface area (Å²) in [5.41, 5.74) is 0.582. The number of alkyl halides is 2. The number of sulfone groups is 1. The standard InChI is InChI=1S/C30H35F3N6O7S/c1-47(45,46)22-3-2-20(18-10-30(32,33)25(41)24(18)22)38-13-15(14-38)12-36-4-6-37(7-5-36)21-9-17-16(8-19(21)31)28(43)39(29(17)44)26-27(42)35-23(40)11-34-26/h2-3,8-9,15,23,25-27,34-35,40-42H,4-7,10-14H2,1H3/t23?,25-,26?,27?/m0/s1. The number of hydrogen-bond donors (Lipinski definition) is 5. The van der Waals surface area contributed by atoms with Crippen LogP contribution in [0.2, 0.25) is 0 Å². The number of β-amino-alcohol motifs (C(OH)–C–C–N with tert-alkyl or cyclic N) is 1. The van der Waals surface area contributed by atoms with Crippen LogP contribution in [0.25, 0.3) is 0 Å². The molecule has 13 nitrogen and oxygen atoms in total. The first-order chi connectivity index (χ1) is 22.1. The minimum absolute atomic E-state index is 0.0125. The van der Waals surface area contributed by atoms with Crippen LogP contribution in [0.15, 0.2) is 29.2 Å². The second kappa shape index (κ2) is 11.4. The Bertz CT molecular complexity index is 1750. The molecule has 5 N–H and O–H groups in total. The lowest BCUT2D eigenvalue weighted by Gasteiger charge is -2.45. The molecule has 0 radical (unpaired) electrons. The monoisotopic (exact) mass is 680 g/mol. The number of carbonyl (C=O) groups excluding carboxylic acids is 2. The molecule has 4 heterocycles. The molecule has 17 heteroatoms. The highest BCUT2D eigenvalue weighted by Gasteiger charge is 2.51. The number of fused-ring (bicyclic) bond motifs is 2. The van der Waals surface area contributed by atoms with Crippen LogP contribution in [0.5, 0.6) is 0 Å². The van der Waals surface area contributed by atoms with Crippen LogP contribution >= 0.6 is 0 Å². The van der Waals surface area contributed by atoms with Crippen LogP contribution in [0, 0.1) is 11.7 Å². The molecule has 0 saturated carbocycles. The molecule has 4 aliphatic heterocycles. The lowest BCUT2D eigenvalue weighted by atomic mass is 9.95. The molecule has 5 aliphatic rings. The Labute approximate surface area is 268 Å².